The highest BCUT2D eigenvalue weighted by molar-refractivity contribution is 4.87. The van der Waals surface area contributed by atoms with Gasteiger partial charge < -0.3 is 0 Å². The molecule has 2 unspecified atom stereocenters. The molecule has 0 aromatic carbocycles. The zero-order valence-corrected chi connectivity index (χ0v) is 6.27. The zero-order chi connectivity index (χ0) is 6.27. The molecule has 0 N–H and O–H groups in total. The van der Waals surface area contributed by atoms with Gasteiger partial charge in [0.25, 0.3) is 0 Å². The third-order valence-electron chi connectivity index (χ3n) is 3.16. The molecule has 9 heavy (non-hydrogen) atoms. The van der Waals surface area contributed by atoms with Crippen molar-refractivity contribution in [3.8, 4) is 0 Å². The lowest BCUT2D eigenvalue weighted by molar-refractivity contribution is 0.371. The van der Waals surface area contributed by atoms with Gasteiger partial charge >= 0.3 is 0 Å². The van der Waals surface area contributed by atoms with Gasteiger partial charge in [-0.2, -0.15) is 0 Å². The Morgan fingerprint density at radius 1 is 1.00 bits per heavy atom. The maximum absolute atomic E-state index is 2.44. The standard InChI is InChI=1S/C9H16/c1-7-3-2-4-9(7)8-5-6-8/h7-9H,2-6H2,1H3. The quantitative estimate of drug-likeness (QED) is 0.504. The van der Waals surface area contributed by atoms with Gasteiger partial charge in [-0.05, 0) is 37.0 Å². The lowest BCUT2D eigenvalue weighted by Crippen LogP contribution is -2.05. The van der Waals surface area contributed by atoms with E-state index >= 15 is 0 Å². The average molecular weight is 124 g/mol. The van der Waals surface area contributed by atoms with Gasteiger partial charge in [0.05, 0.1) is 0 Å². The molecule has 0 radical (unpaired) electrons. The molecule has 2 fully saturated rings. The van der Waals surface area contributed by atoms with Crippen molar-refractivity contribution < 1.29 is 0 Å². The Bertz CT molecular complexity index is 103. The molecule has 0 nitrogen and oxygen atoms in total. The predicted molar refractivity (Wildman–Crippen MR) is 39.2 cm³/mol. The van der Waals surface area contributed by atoms with Gasteiger partial charge in [-0.25, -0.2) is 0 Å². The summed E-state index contributed by atoms with van der Waals surface area (Å²) >= 11 is 0. The molecule has 0 saturated heterocycles. The molecule has 0 heteroatoms. The van der Waals surface area contributed by atoms with Crippen LogP contribution in [0.1, 0.15) is 39.0 Å². The van der Waals surface area contributed by atoms with Crippen LogP contribution >= 0.6 is 0 Å². The number of hydrogen-bond donors (Lipinski definition) is 0. The average Bonchev–Trinajstić information content (AvgIpc) is 2.58. The van der Waals surface area contributed by atoms with Crippen LogP contribution in [0.5, 0.6) is 0 Å². The van der Waals surface area contributed by atoms with E-state index in [0.29, 0.717) is 0 Å². The minimum absolute atomic E-state index is 1.07. The molecular formula is C9H16. The van der Waals surface area contributed by atoms with E-state index in [4.69, 9.17) is 0 Å². The van der Waals surface area contributed by atoms with Gasteiger partial charge in [-0.15, -0.1) is 0 Å². The second-order valence-corrected chi connectivity index (χ2v) is 3.91. The van der Waals surface area contributed by atoms with Crippen molar-refractivity contribution in [1.29, 1.82) is 0 Å². The van der Waals surface area contributed by atoms with E-state index in [2.05, 4.69) is 6.92 Å². The van der Waals surface area contributed by atoms with E-state index in [9.17, 15) is 0 Å². The Morgan fingerprint density at radius 2 is 1.78 bits per heavy atom. The summed E-state index contributed by atoms with van der Waals surface area (Å²) < 4.78 is 0. The topological polar surface area (TPSA) is 0 Å². The second-order valence-electron chi connectivity index (χ2n) is 3.91. The fraction of sp³-hybridized carbons (Fsp3) is 1.00. The minimum atomic E-state index is 1.07. The number of hydrogen-bond acceptors (Lipinski definition) is 0. The first-order chi connectivity index (χ1) is 4.38. The van der Waals surface area contributed by atoms with Gasteiger partial charge in [0.1, 0.15) is 0 Å². The summed E-state index contributed by atoms with van der Waals surface area (Å²) in [5, 5.41) is 0. The van der Waals surface area contributed by atoms with Gasteiger partial charge in [-0.1, -0.05) is 19.8 Å². The van der Waals surface area contributed by atoms with Crippen LogP contribution < -0.4 is 0 Å². The lowest BCUT2D eigenvalue weighted by atomic mass is 9.93. The second kappa shape index (κ2) is 2.00. The monoisotopic (exact) mass is 124 g/mol. The molecule has 0 aromatic heterocycles. The van der Waals surface area contributed by atoms with Crippen molar-refractivity contribution in [2.24, 2.45) is 17.8 Å². The largest absolute Gasteiger partial charge is 0.0622 e. The fourth-order valence-corrected chi connectivity index (χ4v) is 2.40. The van der Waals surface area contributed by atoms with Gasteiger partial charge in [0.2, 0.25) is 0 Å². The van der Waals surface area contributed by atoms with Crippen molar-refractivity contribution in [3.05, 3.63) is 0 Å². The third-order valence-corrected chi connectivity index (χ3v) is 3.16. The molecule has 0 aliphatic heterocycles. The lowest BCUT2D eigenvalue weighted by Gasteiger charge is -2.12. The van der Waals surface area contributed by atoms with E-state index < -0.39 is 0 Å². The van der Waals surface area contributed by atoms with Crippen LogP contribution in [0.25, 0.3) is 0 Å². The van der Waals surface area contributed by atoms with Crippen molar-refractivity contribution in [3.63, 3.8) is 0 Å². The molecule has 0 bridgehead atoms. The van der Waals surface area contributed by atoms with E-state index in [-0.39, 0.29) is 0 Å². The summed E-state index contributed by atoms with van der Waals surface area (Å²) in [5.41, 5.74) is 0. The van der Waals surface area contributed by atoms with Crippen molar-refractivity contribution in [1.82, 2.24) is 0 Å². The smallest absolute Gasteiger partial charge is 0.0360 e. The highest BCUT2D eigenvalue weighted by atomic mass is 14.4. The van der Waals surface area contributed by atoms with E-state index in [0.717, 1.165) is 11.8 Å². The van der Waals surface area contributed by atoms with Gasteiger partial charge in [-0.3, -0.25) is 0 Å². The van der Waals surface area contributed by atoms with E-state index in [1.807, 2.05) is 0 Å². The molecule has 2 atom stereocenters. The molecule has 2 aliphatic carbocycles. The molecule has 0 heterocycles. The van der Waals surface area contributed by atoms with E-state index in [1.54, 1.807) is 19.3 Å². The highest BCUT2D eigenvalue weighted by Gasteiger charge is 2.36. The summed E-state index contributed by atoms with van der Waals surface area (Å²) in [5.74, 6) is 3.38. The molecule has 2 rings (SSSR count). The Morgan fingerprint density at radius 3 is 2.22 bits per heavy atom. The molecular weight excluding hydrogens is 108 g/mol. The highest BCUT2D eigenvalue weighted by Crippen LogP contribution is 2.47. The minimum Gasteiger partial charge on any atom is -0.0622 e. The SMILES string of the molecule is CC1CCCC1C1CC1. The molecule has 2 saturated carbocycles. The summed E-state index contributed by atoms with van der Waals surface area (Å²) in [7, 11) is 0. The first-order valence-electron chi connectivity index (χ1n) is 4.38. The maximum atomic E-state index is 2.44. The van der Waals surface area contributed by atoms with Crippen LogP contribution in [0.15, 0.2) is 0 Å². The van der Waals surface area contributed by atoms with Crippen LogP contribution in [-0.4, -0.2) is 0 Å². The normalized spacial score (nSPS) is 43.7. The molecule has 52 valence electrons. The summed E-state index contributed by atoms with van der Waals surface area (Å²) in [4.78, 5) is 0. The first-order valence-corrected chi connectivity index (χ1v) is 4.38. The zero-order valence-electron chi connectivity index (χ0n) is 6.27. The predicted octanol–water partition coefficient (Wildman–Crippen LogP) is 2.83. The molecule has 0 aromatic rings. The van der Waals surface area contributed by atoms with Crippen LogP contribution in [0.4, 0.5) is 0 Å². The Kier molecular flexibility index (Phi) is 1.28. The van der Waals surface area contributed by atoms with Crippen molar-refractivity contribution >= 4 is 0 Å². The molecule has 0 amide bonds. The first kappa shape index (κ1) is 5.76. The van der Waals surface area contributed by atoms with Crippen molar-refractivity contribution in [2.75, 3.05) is 0 Å². The van der Waals surface area contributed by atoms with Gasteiger partial charge in [0, 0.05) is 0 Å². The number of rotatable bonds is 1. The summed E-state index contributed by atoms with van der Waals surface area (Å²) in [6, 6.07) is 0. The Balaban J connectivity index is 1.93. The van der Waals surface area contributed by atoms with Crippen LogP contribution in [0, 0.1) is 17.8 Å². The van der Waals surface area contributed by atoms with E-state index in [1.165, 1.54) is 18.8 Å². The molecule has 0 spiro atoms. The fourth-order valence-electron chi connectivity index (χ4n) is 2.40. The Hall–Kier alpha value is 0. The summed E-state index contributed by atoms with van der Waals surface area (Å²) in [6.07, 6.45) is 7.68. The molecule has 2 aliphatic rings. The summed E-state index contributed by atoms with van der Waals surface area (Å²) in [6.45, 7) is 2.44. The maximum Gasteiger partial charge on any atom is -0.0360 e. The van der Waals surface area contributed by atoms with Crippen LogP contribution in [0.2, 0.25) is 0 Å². The Labute approximate surface area is 57.6 Å². The third kappa shape index (κ3) is 0.997. The van der Waals surface area contributed by atoms with Crippen LogP contribution in [0.3, 0.4) is 0 Å². The van der Waals surface area contributed by atoms with Crippen LogP contribution in [-0.2, 0) is 0 Å². The van der Waals surface area contributed by atoms with Gasteiger partial charge in [0.15, 0.2) is 0 Å². The van der Waals surface area contributed by atoms with Crippen molar-refractivity contribution in [2.45, 2.75) is 39.0 Å².